The molecule has 0 bridgehead atoms. The Bertz CT molecular complexity index is 820. The Labute approximate surface area is 158 Å². The number of benzene rings is 2. The minimum atomic E-state index is -0.430. The molecule has 6 heteroatoms. The van der Waals surface area contributed by atoms with Crippen LogP contribution in [0.2, 0.25) is 0 Å². The van der Waals surface area contributed by atoms with E-state index in [1.165, 1.54) is 17.0 Å². The molecule has 1 aliphatic rings. The van der Waals surface area contributed by atoms with E-state index in [2.05, 4.69) is 5.32 Å². The summed E-state index contributed by atoms with van der Waals surface area (Å²) >= 11 is 0. The zero-order valence-electron chi connectivity index (χ0n) is 15.4. The highest BCUT2D eigenvalue weighted by molar-refractivity contribution is 6.00. The van der Waals surface area contributed by atoms with Gasteiger partial charge >= 0.3 is 0 Å². The first kappa shape index (κ1) is 18.9. The van der Waals surface area contributed by atoms with Crippen molar-refractivity contribution >= 4 is 17.5 Å². The molecule has 1 fully saturated rings. The van der Waals surface area contributed by atoms with Gasteiger partial charge in [-0.2, -0.15) is 0 Å². The summed E-state index contributed by atoms with van der Waals surface area (Å²) in [7, 11) is 0. The standard InChI is InChI=1S/C21H23FN2O3/c1-14(2)27-19-6-4-3-5-15(19)12-23-21(26)16-11-20(25)24(13-16)18-9-7-17(22)8-10-18/h3-10,14,16H,11-13H2,1-2H3,(H,23,26)/t16-/m1/s1. The van der Waals surface area contributed by atoms with Crippen molar-refractivity contribution in [3.8, 4) is 5.75 Å². The number of carbonyl (C=O) groups is 2. The van der Waals surface area contributed by atoms with Crippen LogP contribution in [0.1, 0.15) is 25.8 Å². The largest absolute Gasteiger partial charge is 0.491 e. The fourth-order valence-corrected chi connectivity index (χ4v) is 3.10. The molecular formula is C21H23FN2O3. The van der Waals surface area contributed by atoms with Gasteiger partial charge in [-0.25, -0.2) is 4.39 Å². The Morgan fingerprint density at radius 1 is 1.22 bits per heavy atom. The molecular weight excluding hydrogens is 347 g/mol. The summed E-state index contributed by atoms with van der Waals surface area (Å²) < 4.78 is 18.8. The fourth-order valence-electron chi connectivity index (χ4n) is 3.10. The van der Waals surface area contributed by atoms with Gasteiger partial charge in [0.05, 0.1) is 12.0 Å². The van der Waals surface area contributed by atoms with Crippen molar-refractivity contribution in [3.63, 3.8) is 0 Å². The molecule has 0 saturated carbocycles. The van der Waals surface area contributed by atoms with Crippen molar-refractivity contribution in [1.82, 2.24) is 5.32 Å². The molecule has 1 aliphatic heterocycles. The third-order valence-corrected chi connectivity index (χ3v) is 4.42. The number of carbonyl (C=O) groups excluding carboxylic acids is 2. The van der Waals surface area contributed by atoms with Gasteiger partial charge in [0.1, 0.15) is 11.6 Å². The van der Waals surface area contributed by atoms with Gasteiger partial charge in [0.25, 0.3) is 0 Å². The van der Waals surface area contributed by atoms with E-state index in [0.29, 0.717) is 18.8 Å². The highest BCUT2D eigenvalue weighted by Crippen LogP contribution is 2.26. The van der Waals surface area contributed by atoms with Gasteiger partial charge in [-0.3, -0.25) is 9.59 Å². The van der Waals surface area contributed by atoms with Crippen LogP contribution < -0.4 is 15.0 Å². The Kier molecular flexibility index (Phi) is 5.74. The summed E-state index contributed by atoms with van der Waals surface area (Å²) in [6, 6.07) is 13.3. The molecule has 0 aliphatic carbocycles. The minimum Gasteiger partial charge on any atom is -0.491 e. The molecule has 1 heterocycles. The lowest BCUT2D eigenvalue weighted by Crippen LogP contribution is -2.32. The molecule has 2 aromatic carbocycles. The lowest BCUT2D eigenvalue weighted by atomic mass is 10.1. The second kappa shape index (κ2) is 8.20. The molecule has 142 valence electrons. The molecule has 1 atom stereocenters. The monoisotopic (exact) mass is 370 g/mol. The summed E-state index contributed by atoms with van der Waals surface area (Å²) in [5.74, 6) is -0.358. The molecule has 1 N–H and O–H groups in total. The number of hydrogen-bond donors (Lipinski definition) is 1. The van der Waals surface area contributed by atoms with E-state index in [4.69, 9.17) is 4.74 Å². The van der Waals surface area contributed by atoms with E-state index in [1.54, 1.807) is 12.1 Å². The van der Waals surface area contributed by atoms with Crippen LogP contribution in [0.15, 0.2) is 48.5 Å². The van der Waals surface area contributed by atoms with Gasteiger partial charge < -0.3 is 15.0 Å². The molecule has 0 radical (unpaired) electrons. The molecule has 2 aromatic rings. The van der Waals surface area contributed by atoms with Crippen molar-refractivity contribution in [3.05, 3.63) is 59.9 Å². The first-order valence-electron chi connectivity index (χ1n) is 9.02. The number of halogens is 1. The number of ether oxygens (including phenoxy) is 1. The third kappa shape index (κ3) is 4.64. The zero-order chi connectivity index (χ0) is 19.4. The van der Waals surface area contributed by atoms with E-state index < -0.39 is 5.92 Å². The Hall–Kier alpha value is -2.89. The van der Waals surface area contributed by atoms with E-state index in [0.717, 1.165) is 11.3 Å². The van der Waals surface area contributed by atoms with Crippen molar-refractivity contribution < 1.29 is 18.7 Å². The number of hydrogen-bond acceptors (Lipinski definition) is 3. The Balaban J connectivity index is 1.61. The highest BCUT2D eigenvalue weighted by Gasteiger charge is 2.35. The average Bonchev–Trinajstić information content (AvgIpc) is 3.03. The van der Waals surface area contributed by atoms with Crippen LogP contribution in [0.4, 0.5) is 10.1 Å². The SMILES string of the molecule is CC(C)Oc1ccccc1CNC(=O)[C@@H]1CC(=O)N(c2ccc(F)cc2)C1. The van der Waals surface area contributed by atoms with E-state index >= 15 is 0 Å². The van der Waals surface area contributed by atoms with E-state index in [9.17, 15) is 14.0 Å². The smallest absolute Gasteiger partial charge is 0.227 e. The van der Waals surface area contributed by atoms with Gasteiger partial charge in [-0.15, -0.1) is 0 Å². The second-order valence-corrected chi connectivity index (χ2v) is 6.87. The normalized spacial score (nSPS) is 16.7. The van der Waals surface area contributed by atoms with Crippen LogP contribution in [0.5, 0.6) is 5.75 Å². The van der Waals surface area contributed by atoms with Crippen LogP contribution in [0, 0.1) is 11.7 Å². The van der Waals surface area contributed by atoms with Crippen LogP contribution in [-0.4, -0.2) is 24.5 Å². The molecule has 0 spiro atoms. The van der Waals surface area contributed by atoms with Gasteiger partial charge in [0.2, 0.25) is 11.8 Å². The number of anilines is 1. The molecule has 5 nitrogen and oxygen atoms in total. The Morgan fingerprint density at radius 2 is 1.93 bits per heavy atom. The third-order valence-electron chi connectivity index (χ3n) is 4.42. The maximum absolute atomic E-state index is 13.1. The molecule has 0 aromatic heterocycles. The number of nitrogens with zero attached hydrogens (tertiary/aromatic N) is 1. The first-order chi connectivity index (χ1) is 12.9. The summed E-state index contributed by atoms with van der Waals surface area (Å²) in [5.41, 5.74) is 1.49. The number of rotatable bonds is 6. The van der Waals surface area contributed by atoms with Crippen LogP contribution in [0.3, 0.4) is 0 Å². The maximum Gasteiger partial charge on any atom is 0.227 e. The summed E-state index contributed by atoms with van der Waals surface area (Å²) in [6.07, 6.45) is 0.187. The minimum absolute atomic E-state index is 0.0403. The quantitative estimate of drug-likeness (QED) is 0.849. The maximum atomic E-state index is 13.1. The van der Waals surface area contributed by atoms with Crippen LogP contribution >= 0.6 is 0 Å². The summed E-state index contributed by atoms with van der Waals surface area (Å²) in [6.45, 7) is 4.52. The van der Waals surface area contributed by atoms with Crippen LogP contribution in [-0.2, 0) is 16.1 Å². The van der Waals surface area contributed by atoms with E-state index in [-0.39, 0.29) is 30.2 Å². The molecule has 2 amide bonds. The van der Waals surface area contributed by atoms with Crippen molar-refractivity contribution in [1.29, 1.82) is 0 Å². The predicted molar refractivity (Wildman–Crippen MR) is 101 cm³/mol. The average molecular weight is 370 g/mol. The van der Waals surface area contributed by atoms with Gasteiger partial charge in [0.15, 0.2) is 0 Å². The Morgan fingerprint density at radius 3 is 2.63 bits per heavy atom. The predicted octanol–water partition coefficient (Wildman–Crippen LogP) is 3.28. The summed E-state index contributed by atoms with van der Waals surface area (Å²) in [4.78, 5) is 26.3. The topological polar surface area (TPSA) is 58.6 Å². The number of nitrogens with one attached hydrogen (secondary N) is 1. The molecule has 3 rings (SSSR count). The molecule has 0 unspecified atom stereocenters. The van der Waals surface area contributed by atoms with Crippen LogP contribution in [0.25, 0.3) is 0 Å². The lowest BCUT2D eigenvalue weighted by Gasteiger charge is -2.17. The van der Waals surface area contributed by atoms with Crippen molar-refractivity contribution in [2.75, 3.05) is 11.4 Å². The van der Waals surface area contributed by atoms with Gasteiger partial charge in [-0.05, 0) is 44.2 Å². The summed E-state index contributed by atoms with van der Waals surface area (Å²) in [5, 5.41) is 2.90. The second-order valence-electron chi connectivity index (χ2n) is 6.87. The highest BCUT2D eigenvalue weighted by atomic mass is 19.1. The van der Waals surface area contributed by atoms with Crippen molar-refractivity contribution in [2.45, 2.75) is 32.9 Å². The van der Waals surface area contributed by atoms with E-state index in [1.807, 2.05) is 38.1 Å². The molecule has 1 saturated heterocycles. The van der Waals surface area contributed by atoms with Crippen molar-refractivity contribution in [2.24, 2.45) is 5.92 Å². The fraction of sp³-hybridized carbons (Fsp3) is 0.333. The number of amides is 2. The molecule has 27 heavy (non-hydrogen) atoms. The lowest BCUT2D eigenvalue weighted by molar-refractivity contribution is -0.126. The van der Waals surface area contributed by atoms with Gasteiger partial charge in [0, 0.05) is 30.8 Å². The number of para-hydroxylation sites is 1. The zero-order valence-corrected chi connectivity index (χ0v) is 15.4. The first-order valence-corrected chi connectivity index (χ1v) is 9.02. The van der Waals surface area contributed by atoms with Gasteiger partial charge in [-0.1, -0.05) is 18.2 Å².